The molecule has 1 heterocycles. The lowest BCUT2D eigenvalue weighted by atomic mass is 10.1. The molecule has 124 valence electrons. The van der Waals surface area contributed by atoms with Crippen molar-refractivity contribution in [2.45, 2.75) is 6.10 Å². The summed E-state index contributed by atoms with van der Waals surface area (Å²) >= 11 is 6.05. The average Bonchev–Trinajstić information content (AvgIpc) is 2.56. The Bertz CT molecular complexity index is 781. The second-order valence-corrected chi connectivity index (χ2v) is 5.79. The molecule has 0 saturated carbocycles. The van der Waals surface area contributed by atoms with E-state index in [0.717, 1.165) is 5.69 Å². The predicted octanol–water partition coefficient (Wildman–Crippen LogP) is 2.03. The normalized spacial score (nSPS) is 16.0. The van der Waals surface area contributed by atoms with E-state index in [1.165, 1.54) is 0 Å². The van der Waals surface area contributed by atoms with Crippen molar-refractivity contribution < 1.29 is 14.3 Å². The molecule has 0 spiro atoms. The lowest BCUT2D eigenvalue weighted by Gasteiger charge is -2.34. The monoisotopic (exact) mass is 345 g/mol. The number of benzene rings is 2. The standard InChI is InChI=1S/C17H16ClN3O3/c18-11-5-1-2-6-12(11)20-16(22)10-21-9-15(17(19)23)24-14-8-4-3-7-13(14)21/h1-8,15H,9-10H2,(H2,19,23)(H,20,22)/t15-/m1/s1. The summed E-state index contributed by atoms with van der Waals surface area (Å²) in [5, 5.41) is 3.22. The van der Waals surface area contributed by atoms with Crippen molar-refractivity contribution >= 4 is 34.8 Å². The lowest BCUT2D eigenvalue weighted by Crippen LogP contribution is -2.49. The molecule has 1 aliphatic heterocycles. The number of fused-ring (bicyclic) bond motifs is 1. The molecule has 0 saturated heterocycles. The largest absolute Gasteiger partial charge is 0.477 e. The molecule has 7 heteroatoms. The molecular formula is C17H16ClN3O3. The number of halogens is 1. The maximum atomic E-state index is 12.4. The van der Waals surface area contributed by atoms with E-state index in [1.54, 1.807) is 41.3 Å². The summed E-state index contributed by atoms with van der Waals surface area (Å²) in [4.78, 5) is 25.6. The van der Waals surface area contributed by atoms with Crippen molar-refractivity contribution in [1.82, 2.24) is 0 Å². The Balaban J connectivity index is 1.77. The highest BCUT2D eigenvalue weighted by Gasteiger charge is 2.30. The van der Waals surface area contributed by atoms with Crippen molar-refractivity contribution in [3.63, 3.8) is 0 Å². The van der Waals surface area contributed by atoms with Gasteiger partial charge in [0.1, 0.15) is 5.75 Å². The highest BCUT2D eigenvalue weighted by atomic mass is 35.5. The first-order chi connectivity index (χ1) is 11.5. The zero-order valence-corrected chi connectivity index (χ0v) is 13.5. The third-order valence-corrected chi connectivity index (χ3v) is 3.99. The van der Waals surface area contributed by atoms with E-state index in [0.29, 0.717) is 16.5 Å². The Morgan fingerprint density at radius 1 is 1.21 bits per heavy atom. The van der Waals surface area contributed by atoms with Crippen LogP contribution in [0, 0.1) is 0 Å². The Hall–Kier alpha value is -2.73. The molecule has 1 aliphatic rings. The number of amides is 2. The SMILES string of the molecule is NC(=O)[C@H]1CN(CC(=O)Nc2ccccc2Cl)c2ccccc2O1. The fraction of sp³-hybridized carbons (Fsp3) is 0.176. The molecule has 3 N–H and O–H groups in total. The quantitative estimate of drug-likeness (QED) is 0.888. The van der Waals surface area contributed by atoms with E-state index in [1.807, 2.05) is 12.1 Å². The molecule has 2 aromatic carbocycles. The molecule has 0 aliphatic carbocycles. The van der Waals surface area contributed by atoms with Gasteiger partial charge in [-0.05, 0) is 24.3 Å². The minimum Gasteiger partial charge on any atom is -0.477 e. The van der Waals surface area contributed by atoms with E-state index in [9.17, 15) is 9.59 Å². The fourth-order valence-electron chi connectivity index (χ4n) is 2.53. The van der Waals surface area contributed by atoms with Crippen LogP contribution in [0.3, 0.4) is 0 Å². The van der Waals surface area contributed by atoms with Crippen molar-refractivity contribution in [3.8, 4) is 5.75 Å². The van der Waals surface area contributed by atoms with Crippen LogP contribution in [0.25, 0.3) is 0 Å². The van der Waals surface area contributed by atoms with Gasteiger partial charge < -0.3 is 20.7 Å². The molecule has 0 fully saturated rings. The average molecular weight is 346 g/mol. The summed E-state index contributed by atoms with van der Waals surface area (Å²) < 4.78 is 5.57. The number of hydrogen-bond donors (Lipinski definition) is 2. The number of para-hydroxylation sites is 3. The van der Waals surface area contributed by atoms with Gasteiger partial charge in [-0.3, -0.25) is 9.59 Å². The number of nitrogens with two attached hydrogens (primary N) is 1. The van der Waals surface area contributed by atoms with Gasteiger partial charge in [0, 0.05) is 0 Å². The second kappa shape index (κ2) is 6.80. The summed E-state index contributed by atoms with van der Waals surface area (Å²) in [6, 6.07) is 14.2. The zero-order chi connectivity index (χ0) is 17.1. The van der Waals surface area contributed by atoms with Gasteiger partial charge in [0.25, 0.3) is 5.91 Å². The molecule has 0 aromatic heterocycles. The number of nitrogens with one attached hydrogen (secondary N) is 1. The molecule has 6 nitrogen and oxygen atoms in total. The van der Waals surface area contributed by atoms with E-state index >= 15 is 0 Å². The van der Waals surface area contributed by atoms with Crippen molar-refractivity contribution in [2.24, 2.45) is 5.73 Å². The van der Waals surface area contributed by atoms with E-state index in [4.69, 9.17) is 22.1 Å². The van der Waals surface area contributed by atoms with Crippen molar-refractivity contribution in [1.29, 1.82) is 0 Å². The number of rotatable bonds is 4. The molecule has 0 unspecified atom stereocenters. The number of carbonyl (C=O) groups is 2. The Morgan fingerprint density at radius 3 is 2.67 bits per heavy atom. The third kappa shape index (κ3) is 3.44. The molecule has 3 rings (SSSR count). The Kier molecular flexibility index (Phi) is 4.57. The van der Waals surface area contributed by atoms with Gasteiger partial charge in [0.15, 0.2) is 6.10 Å². The van der Waals surface area contributed by atoms with Crippen LogP contribution in [-0.2, 0) is 9.59 Å². The number of ether oxygens (including phenoxy) is 1. The van der Waals surface area contributed by atoms with Gasteiger partial charge in [-0.15, -0.1) is 0 Å². The maximum absolute atomic E-state index is 12.4. The first-order valence-electron chi connectivity index (χ1n) is 7.39. The van der Waals surface area contributed by atoms with Gasteiger partial charge in [-0.1, -0.05) is 35.9 Å². The van der Waals surface area contributed by atoms with Crippen molar-refractivity contribution in [3.05, 3.63) is 53.6 Å². The minimum absolute atomic E-state index is 0.0510. The topological polar surface area (TPSA) is 84.7 Å². The van der Waals surface area contributed by atoms with Gasteiger partial charge in [-0.25, -0.2) is 0 Å². The summed E-state index contributed by atoms with van der Waals surface area (Å²) in [6.07, 6.45) is -0.798. The Labute approximate surface area is 144 Å². The first-order valence-corrected chi connectivity index (χ1v) is 7.76. The summed E-state index contributed by atoms with van der Waals surface area (Å²) in [5.74, 6) is -0.290. The number of anilines is 2. The molecule has 2 amide bonds. The van der Waals surface area contributed by atoms with Crippen LogP contribution in [0.5, 0.6) is 5.75 Å². The van der Waals surface area contributed by atoms with E-state index in [-0.39, 0.29) is 19.0 Å². The number of primary amides is 1. The number of nitrogens with zero attached hydrogens (tertiary/aromatic N) is 1. The maximum Gasteiger partial charge on any atom is 0.260 e. The molecule has 24 heavy (non-hydrogen) atoms. The third-order valence-electron chi connectivity index (χ3n) is 3.66. The van der Waals surface area contributed by atoms with E-state index in [2.05, 4.69) is 5.32 Å². The summed E-state index contributed by atoms with van der Waals surface area (Å²) in [7, 11) is 0. The number of carbonyl (C=O) groups excluding carboxylic acids is 2. The van der Waals surface area contributed by atoms with Crippen LogP contribution >= 0.6 is 11.6 Å². The van der Waals surface area contributed by atoms with Gasteiger partial charge in [0.05, 0.1) is 29.5 Å². The van der Waals surface area contributed by atoms with Crippen LogP contribution in [0.1, 0.15) is 0 Å². The zero-order valence-electron chi connectivity index (χ0n) is 12.7. The van der Waals surface area contributed by atoms with Crippen molar-refractivity contribution in [2.75, 3.05) is 23.3 Å². The van der Waals surface area contributed by atoms with Crippen LogP contribution in [0.4, 0.5) is 11.4 Å². The molecular weight excluding hydrogens is 330 g/mol. The van der Waals surface area contributed by atoms with Gasteiger partial charge in [-0.2, -0.15) is 0 Å². The molecule has 0 radical (unpaired) electrons. The Morgan fingerprint density at radius 2 is 1.92 bits per heavy atom. The van der Waals surface area contributed by atoms with Crippen LogP contribution in [0.15, 0.2) is 48.5 Å². The van der Waals surface area contributed by atoms with Crippen LogP contribution in [-0.4, -0.2) is 31.0 Å². The highest BCUT2D eigenvalue weighted by molar-refractivity contribution is 6.33. The molecule has 2 aromatic rings. The molecule has 1 atom stereocenters. The summed E-state index contributed by atoms with van der Waals surface area (Å²) in [5.41, 5.74) is 6.63. The smallest absolute Gasteiger partial charge is 0.260 e. The number of hydrogen-bond acceptors (Lipinski definition) is 4. The molecule has 0 bridgehead atoms. The first kappa shape index (κ1) is 16.1. The van der Waals surface area contributed by atoms with Gasteiger partial charge >= 0.3 is 0 Å². The fourth-order valence-corrected chi connectivity index (χ4v) is 2.71. The van der Waals surface area contributed by atoms with Gasteiger partial charge in [0.2, 0.25) is 5.91 Å². The second-order valence-electron chi connectivity index (χ2n) is 5.39. The summed E-state index contributed by atoms with van der Waals surface area (Å²) in [6.45, 7) is 0.262. The minimum atomic E-state index is -0.798. The lowest BCUT2D eigenvalue weighted by molar-refractivity contribution is -0.125. The van der Waals surface area contributed by atoms with Crippen LogP contribution in [0.2, 0.25) is 5.02 Å². The van der Waals surface area contributed by atoms with Crippen LogP contribution < -0.4 is 20.7 Å². The van der Waals surface area contributed by atoms with E-state index < -0.39 is 12.0 Å². The highest BCUT2D eigenvalue weighted by Crippen LogP contribution is 2.33. The predicted molar refractivity (Wildman–Crippen MR) is 92.3 cm³/mol.